The lowest BCUT2D eigenvalue weighted by Crippen LogP contribution is -2.07. The first-order valence-corrected chi connectivity index (χ1v) is 5.03. The molecule has 0 aromatic heterocycles. The molecule has 0 aliphatic rings. The highest BCUT2D eigenvalue weighted by atomic mass is 16.1. The van der Waals surface area contributed by atoms with Crippen LogP contribution in [-0.4, -0.2) is 5.91 Å². The molecule has 1 radical (unpaired) electrons. The quantitative estimate of drug-likeness (QED) is 0.729. The Balaban J connectivity index is 2.34. The third kappa shape index (κ3) is 2.15. The van der Waals surface area contributed by atoms with Crippen molar-refractivity contribution in [1.82, 2.24) is 5.32 Å². The van der Waals surface area contributed by atoms with Crippen molar-refractivity contribution in [3.05, 3.63) is 42.5 Å². The Hall–Kier alpha value is -1.83. The Bertz CT molecular complexity index is 491. The van der Waals surface area contributed by atoms with Crippen molar-refractivity contribution in [3.8, 4) is 0 Å². The van der Waals surface area contributed by atoms with Crippen LogP contribution in [0.1, 0.15) is 13.3 Å². The third-order valence-electron chi connectivity index (χ3n) is 2.29. The van der Waals surface area contributed by atoms with Gasteiger partial charge in [0.25, 0.3) is 0 Å². The first-order chi connectivity index (χ1) is 7.29. The van der Waals surface area contributed by atoms with Crippen molar-refractivity contribution in [2.24, 2.45) is 0 Å². The second-order valence-electron chi connectivity index (χ2n) is 3.39. The van der Waals surface area contributed by atoms with E-state index >= 15 is 0 Å². The van der Waals surface area contributed by atoms with Crippen molar-refractivity contribution in [2.45, 2.75) is 13.3 Å². The summed E-state index contributed by atoms with van der Waals surface area (Å²) in [5.41, 5.74) is 0.737. The lowest BCUT2D eigenvalue weighted by Gasteiger charge is -2.02. The van der Waals surface area contributed by atoms with Crippen LogP contribution < -0.4 is 5.32 Å². The molecule has 0 heterocycles. The summed E-state index contributed by atoms with van der Waals surface area (Å²) in [6.45, 7) is 1.81. The van der Waals surface area contributed by atoms with Gasteiger partial charge in [0.05, 0.1) is 5.69 Å². The van der Waals surface area contributed by atoms with Crippen LogP contribution in [0.4, 0.5) is 5.69 Å². The summed E-state index contributed by atoms with van der Waals surface area (Å²) in [6, 6.07) is 13.8. The van der Waals surface area contributed by atoms with Gasteiger partial charge in [-0.25, -0.2) is 5.32 Å². The Morgan fingerprint density at radius 2 is 1.87 bits per heavy atom. The van der Waals surface area contributed by atoms with E-state index in [-0.39, 0.29) is 5.91 Å². The first kappa shape index (κ1) is 9.71. The maximum atomic E-state index is 11.2. The zero-order valence-electron chi connectivity index (χ0n) is 8.60. The minimum absolute atomic E-state index is 0.0784. The third-order valence-corrected chi connectivity index (χ3v) is 2.29. The number of fused-ring (bicyclic) bond motifs is 1. The van der Waals surface area contributed by atoms with Gasteiger partial charge in [0.2, 0.25) is 5.91 Å². The molecule has 2 aromatic rings. The van der Waals surface area contributed by atoms with E-state index in [1.165, 1.54) is 5.39 Å². The Kier molecular flexibility index (Phi) is 2.68. The molecule has 0 N–H and O–H groups in total. The van der Waals surface area contributed by atoms with Crippen LogP contribution in [0.3, 0.4) is 0 Å². The molecule has 0 atom stereocenters. The predicted molar refractivity (Wildman–Crippen MR) is 61.0 cm³/mol. The number of nitrogens with zero attached hydrogens (tertiary/aromatic N) is 1. The second kappa shape index (κ2) is 4.13. The average Bonchev–Trinajstić information content (AvgIpc) is 2.29. The number of carbonyl (C=O) groups is 1. The van der Waals surface area contributed by atoms with Gasteiger partial charge in [-0.15, -0.1) is 0 Å². The minimum atomic E-state index is -0.0784. The van der Waals surface area contributed by atoms with E-state index in [1.807, 2.05) is 49.4 Å². The summed E-state index contributed by atoms with van der Waals surface area (Å²) in [5.74, 6) is -0.0784. The molecule has 15 heavy (non-hydrogen) atoms. The fourth-order valence-electron chi connectivity index (χ4n) is 1.47. The molecule has 2 rings (SSSR count). The van der Waals surface area contributed by atoms with E-state index in [9.17, 15) is 4.79 Å². The highest BCUT2D eigenvalue weighted by Crippen LogP contribution is 2.18. The summed E-state index contributed by atoms with van der Waals surface area (Å²) in [7, 11) is 0. The molecule has 0 saturated carbocycles. The van der Waals surface area contributed by atoms with Crippen molar-refractivity contribution in [3.63, 3.8) is 0 Å². The molecule has 2 aromatic carbocycles. The minimum Gasteiger partial charge on any atom is -0.273 e. The van der Waals surface area contributed by atoms with E-state index in [0.29, 0.717) is 6.42 Å². The van der Waals surface area contributed by atoms with Gasteiger partial charge in [0.1, 0.15) is 0 Å². The van der Waals surface area contributed by atoms with Gasteiger partial charge in [0.15, 0.2) is 0 Å². The molecule has 2 heteroatoms. The van der Waals surface area contributed by atoms with E-state index in [1.54, 1.807) is 0 Å². The van der Waals surface area contributed by atoms with Crippen molar-refractivity contribution in [1.29, 1.82) is 0 Å². The molecule has 0 fully saturated rings. The average molecular weight is 198 g/mol. The van der Waals surface area contributed by atoms with Crippen LogP contribution >= 0.6 is 0 Å². The Labute approximate surface area is 88.9 Å². The van der Waals surface area contributed by atoms with Gasteiger partial charge in [-0.1, -0.05) is 37.3 Å². The van der Waals surface area contributed by atoms with Crippen LogP contribution in [0.5, 0.6) is 0 Å². The largest absolute Gasteiger partial charge is 0.273 e. The summed E-state index contributed by atoms with van der Waals surface area (Å²) in [6.07, 6.45) is 0.451. The summed E-state index contributed by atoms with van der Waals surface area (Å²) < 4.78 is 0. The van der Waals surface area contributed by atoms with E-state index in [2.05, 4.69) is 5.32 Å². The van der Waals surface area contributed by atoms with Crippen LogP contribution in [0.2, 0.25) is 0 Å². The molecular weight excluding hydrogens is 186 g/mol. The van der Waals surface area contributed by atoms with E-state index in [4.69, 9.17) is 0 Å². The zero-order chi connectivity index (χ0) is 10.7. The summed E-state index contributed by atoms with van der Waals surface area (Å²) in [5, 5.41) is 6.27. The second-order valence-corrected chi connectivity index (χ2v) is 3.39. The summed E-state index contributed by atoms with van der Waals surface area (Å²) >= 11 is 0. The van der Waals surface area contributed by atoms with Gasteiger partial charge in [0, 0.05) is 6.42 Å². The molecule has 75 valence electrons. The fourth-order valence-corrected chi connectivity index (χ4v) is 1.47. The molecule has 0 bridgehead atoms. The highest BCUT2D eigenvalue weighted by Gasteiger charge is 2.01. The lowest BCUT2D eigenvalue weighted by atomic mass is 10.1. The van der Waals surface area contributed by atoms with Gasteiger partial charge in [-0.2, -0.15) is 0 Å². The number of carbonyl (C=O) groups excluding carboxylic acids is 1. The standard InChI is InChI=1S/C13H12NO/c1-2-13(15)14-12-8-7-10-5-3-4-6-11(10)9-12/h3-9H,2H2,1H3. The molecule has 2 nitrogen and oxygen atoms in total. The first-order valence-electron chi connectivity index (χ1n) is 5.03. The van der Waals surface area contributed by atoms with Crippen LogP contribution in [-0.2, 0) is 4.79 Å². The number of amides is 1. The van der Waals surface area contributed by atoms with Crippen LogP contribution in [0.15, 0.2) is 42.5 Å². The van der Waals surface area contributed by atoms with Gasteiger partial charge >= 0.3 is 0 Å². The smallest absolute Gasteiger partial charge is 0.245 e. The zero-order valence-corrected chi connectivity index (χ0v) is 8.60. The molecule has 0 aliphatic carbocycles. The molecule has 1 amide bonds. The molecule has 0 aliphatic heterocycles. The van der Waals surface area contributed by atoms with E-state index < -0.39 is 0 Å². The molecule has 0 saturated heterocycles. The highest BCUT2D eigenvalue weighted by molar-refractivity contribution is 5.88. The topological polar surface area (TPSA) is 31.2 Å². The lowest BCUT2D eigenvalue weighted by molar-refractivity contribution is -0.119. The maximum absolute atomic E-state index is 11.2. The Morgan fingerprint density at radius 3 is 2.60 bits per heavy atom. The SMILES string of the molecule is CCC(=O)[N]c1ccc2ccccc2c1. The Morgan fingerprint density at radius 1 is 1.13 bits per heavy atom. The van der Waals surface area contributed by atoms with Gasteiger partial charge in [-0.3, -0.25) is 4.79 Å². The number of hydrogen-bond donors (Lipinski definition) is 0. The molecule has 0 unspecified atom stereocenters. The van der Waals surface area contributed by atoms with Gasteiger partial charge in [-0.05, 0) is 22.9 Å². The molecule has 0 spiro atoms. The van der Waals surface area contributed by atoms with Crippen molar-refractivity contribution in [2.75, 3.05) is 0 Å². The number of benzene rings is 2. The maximum Gasteiger partial charge on any atom is 0.245 e. The van der Waals surface area contributed by atoms with Crippen LogP contribution in [0, 0.1) is 0 Å². The molecular formula is C13H12NO. The monoisotopic (exact) mass is 198 g/mol. The normalized spacial score (nSPS) is 10.2. The number of rotatable bonds is 2. The van der Waals surface area contributed by atoms with Crippen LogP contribution in [0.25, 0.3) is 10.8 Å². The van der Waals surface area contributed by atoms with Crippen molar-refractivity contribution >= 4 is 22.4 Å². The summed E-state index contributed by atoms with van der Waals surface area (Å²) in [4.78, 5) is 11.2. The predicted octanol–water partition coefficient (Wildman–Crippen LogP) is 3.01. The number of hydrogen-bond acceptors (Lipinski definition) is 1. The fraction of sp³-hybridized carbons (Fsp3) is 0.154. The van der Waals surface area contributed by atoms with Gasteiger partial charge < -0.3 is 0 Å². The van der Waals surface area contributed by atoms with E-state index in [0.717, 1.165) is 11.1 Å². The van der Waals surface area contributed by atoms with Crippen molar-refractivity contribution < 1.29 is 4.79 Å².